The van der Waals surface area contributed by atoms with Crippen molar-refractivity contribution in [2.45, 2.75) is 12.7 Å². The number of rotatable bonds is 5. The van der Waals surface area contributed by atoms with E-state index in [1.807, 2.05) is 0 Å². The standard InChI is InChI=1S/C19H12F4N6O2/c20-13-3-1-2-4-14(13)29-16(19(21,22)23)12(9-26-29)18(30)25-10-15-27-17(28-31-15)11-5-7-24-8-6-11/h1-9H,10H2,(H,25,30). The fraction of sp³-hybridized carbons (Fsp3) is 0.105. The van der Waals surface area contributed by atoms with Crippen LogP contribution >= 0.6 is 0 Å². The van der Waals surface area contributed by atoms with Gasteiger partial charge in [-0.25, -0.2) is 9.07 Å². The summed E-state index contributed by atoms with van der Waals surface area (Å²) in [4.78, 5) is 20.4. The highest BCUT2D eigenvalue weighted by atomic mass is 19.4. The molecule has 0 spiro atoms. The topological polar surface area (TPSA) is 98.7 Å². The van der Waals surface area contributed by atoms with Gasteiger partial charge in [-0.05, 0) is 24.3 Å². The van der Waals surface area contributed by atoms with Crippen molar-refractivity contribution in [3.05, 3.63) is 78.0 Å². The molecular formula is C19H12F4N6O2. The number of aromatic nitrogens is 5. The second-order valence-electron chi connectivity index (χ2n) is 6.20. The number of nitrogens with one attached hydrogen (secondary N) is 1. The fourth-order valence-electron chi connectivity index (χ4n) is 2.79. The summed E-state index contributed by atoms with van der Waals surface area (Å²) in [5, 5.41) is 9.59. The van der Waals surface area contributed by atoms with E-state index in [-0.39, 0.29) is 18.3 Å². The molecule has 0 unspecified atom stereocenters. The lowest BCUT2D eigenvalue weighted by Crippen LogP contribution is -2.26. The third-order valence-electron chi connectivity index (χ3n) is 4.17. The molecule has 3 heterocycles. The van der Waals surface area contributed by atoms with Gasteiger partial charge in [-0.2, -0.15) is 23.3 Å². The molecule has 0 saturated heterocycles. The van der Waals surface area contributed by atoms with Crippen molar-refractivity contribution in [3.8, 4) is 17.1 Å². The maximum absolute atomic E-state index is 14.0. The molecule has 0 atom stereocenters. The Morgan fingerprint density at radius 1 is 1.13 bits per heavy atom. The van der Waals surface area contributed by atoms with Gasteiger partial charge in [0.15, 0.2) is 5.69 Å². The van der Waals surface area contributed by atoms with Crippen LogP contribution < -0.4 is 5.32 Å². The number of para-hydroxylation sites is 1. The summed E-state index contributed by atoms with van der Waals surface area (Å²) >= 11 is 0. The lowest BCUT2D eigenvalue weighted by Gasteiger charge is -2.13. The molecule has 4 rings (SSSR count). The molecule has 0 radical (unpaired) electrons. The molecule has 0 fully saturated rings. The van der Waals surface area contributed by atoms with Gasteiger partial charge in [0.25, 0.3) is 5.91 Å². The summed E-state index contributed by atoms with van der Waals surface area (Å²) in [7, 11) is 0. The number of carbonyl (C=O) groups excluding carboxylic acids is 1. The van der Waals surface area contributed by atoms with Crippen LogP contribution in [-0.4, -0.2) is 30.8 Å². The van der Waals surface area contributed by atoms with Crippen LogP contribution in [0.25, 0.3) is 17.1 Å². The van der Waals surface area contributed by atoms with Crippen molar-refractivity contribution in [1.82, 2.24) is 30.2 Å². The van der Waals surface area contributed by atoms with E-state index in [1.54, 1.807) is 12.1 Å². The second kappa shape index (κ2) is 7.97. The minimum Gasteiger partial charge on any atom is -0.343 e. The van der Waals surface area contributed by atoms with E-state index in [4.69, 9.17) is 4.52 Å². The normalized spacial score (nSPS) is 11.5. The zero-order valence-corrected chi connectivity index (χ0v) is 15.5. The van der Waals surface area contributed by atoms with E-state index in [0.29, 0.717) is 10.2 Å². The lowest BCUT2D eigenvalue weighted by atomic mass is 10.2. The molecule has 158 valence electrons. The Morgan fingerprint density at radius 2 is 1.87 bits per heavy atom. The molecule has 1 aromatic carbocycles. The average molecular weight is 432 g/mol. The third-order valence-corrected chi connectivity index (χ3v) is 4.17. The minimum absolute atomic E-state index is 0.0183. The highest BCUT2D eigenvalue weighted by Gasteiger charge is 2.41. The van der Waals surface area contributed by atoms with Gasteiger partial charge in [0, 0.05) is 18.0 Å². The fourth-order valence-corrected chi connectivity index (χ4v) is 2.79. The smallest absolute Gasteiger partial charge is 0.343 e. The zero-order valence-electron chi connectivity index (χ0n) is 15.5. The number of pyridine rings is 1. The van der Waals surface area contributed by atoms with Gasteiger partial charge >= 0.3 is 6.18 Å². The van der Waals surface area contributed by atoms with E-state index in [1.165, 1.54) is 24.5 Å². The Kier molecular flexibility index (Phi) is 5.19. The first kappa shape index (κ1) is 20.2. The molecule has 0 aliphatic carbocycles. The largest absolute Gasteiger partial charge is 0.434 e. The van der Waals surface area contributed by atoms with E-state index < -0.39 is 34.8 Å². The maximum atomic E-state index is 14.0. The van der Waals surface area contributed by atoms with Crippen LogP contribution in [0.4, 0.5) is 17.6 Å². The molecule has 0 saturated carbocycles. The molecule has 4 aromatic rings. The number of halogens is 4. The molecule has 3 aromatic heterocycles. The number of alkyl halides is 3. The number of hydrogen-bond acceptors (Lipinski definition) is 6. The quantitative estimate of drug-likeness (QED) is 0.486. The second-order valence-corrected chi connectivity index (χ2v) is 6.20. The Balaban J connectivity index is 1.57. The van der Waals surface area contributed by atoms with Crippen molar-refractivity contribution in [2.75, 3.05) is 0 Å². The molecule has 8 nitrogen and oxygen atoms in total. The monoisotopic (exact) mass is 432 g/mol. The van der Waals surface area contributed by atoms with Crippen LogP contribution in [0, 0.1) is 5.82 Å². The first-order valence-electron chi connectivity index (χ1n) is 8.76. The van der Waals surface area contributed by atoms with Crippen LogP contribution in [0.1, 0.15) is 21.9 Å². The average Bonchev–Trinajstić information content (AvgIpc) is 3.40. The van der Waals surface area contributed by atoms with Crippen molar-refractivity contribution in [1.29, 1.82) is 0 Å². The Hall–Kier alpha value is -4.09. The van der Waals surface area contributed by atoms with Gasteiger partial charge in [0.1, 0.15) is 11.5 Å². The van der Waals surface area contributed by atoms with Crippen molar-refractivity contribution < 1.29 is 26.9 Å². The van der Waals surface area contributed by atoms with Gasteiger partial charge < -0.3 is 9.84 Å². The summed E-state index contributed by atoms with van der Waals surface area (Å²) in [5.74, 6) is -1.79. The molecule has 1 N–H and O–H groups in total. The van der Waals surface area contributed by atoms with Crippen LogP contribution in [0.15, 0.2) is 59.5 Å². The number of amides is 1. The summed E-state index contributed by atoms with van der Waals surface area (Å²) in [6, 6.07) is 8.08. The molecule has 0 aliphatic rings. The van der Waals surface area contributed by atoms with Crippen molar-refractivity contribution in [3.63, 3.8) is 0 Å². The lowest BCUT2D eigenvalue weighted by molar-refractivity contribution is -0.143. The highest BCUT2D eigenvalue weighted by molar-refractivity contribution is 5.95. The summed E-state index contributed by atoms with van der Waals surface area (Å²) < 4.78 is 60.4. The van der Waals surface area contributed by atoms with E-state index in [2.05, 4.69) is 25.5 Å². The van der Waals surface area contributed by atoms with E-state index in [9.17, 15) is 22.4 Å². The SMILES string of the molecule is O=C(NCc1nc(-c2ccncc2)no1)c1cnn(-c2ccccc2F)c1C(F)(F)F. The van der Waals surface area contributed by atoms with Crippen molar-refractivity contribution >= 4 is 5.91 Å². The van der Waals surface area contributed by atoms with Crippen molar-refractivity contribution in [2.24, 2.45) is 0 Å². The Labute approximate surface area is 171 Å². The molecule has 12 heteroatoms. The van der Waals surface area contributed by atoms with E-state index in [0.717, 1.165) is 18.3 Å². The zero-order chi connectivity index (χ0) is 22.0. The van der Waals surface area contributed by atoms with Crippen LogP contribution in [0.2, 0.25) is 0 Å². The van der Waals surface area contributed by atoms with Crippen LogP contribution in [0.5, 0.6) is 0 Å². The molecule has 0 bridgehead atoms. The third kappa shape index (κ3) is 4.13. The first-order chi connectivity index (χ1) is 14.8. The predicted molar refractivity (Wildman–Crippen MR) is 97.2 cm³/mol. The number of benzene rings is 1. The number of carbonyl (C=O) groups is 1. The Bertz CT molecular complexity index is 1220. The molecular weight excluding hydrogens is 420 g/mol. The molecule has 31 heavy (non-hydrogen) atoms. The van der Waals surface area contributed by atoms with Crippen LogP contribution in [-0.2, 0) is 12.7 Å². The molecule has 1 amide bonds. The minimum atomic E-state index is -4.97. The first-order valence-corrected chi connectivity index (χ1v) is 8.76. The van der Waals surface area contributed by atoms with Crippen LogP contribution in [0.3, 0.4) is 0 Å². The summed E-state index contributed by atoms with van der Waals surface area (Å²) in [6.45, 7) is -0.320. The predicted octanol–water partition coefficient (Wildman–Crippen LogP) is 3.41. The van der Waals surface area contributed by atoms with Gasteiger partial charge in [-0.1, -0.05) is 17.3 Å². The summed E-state index contributed by atoms with van der Waals surface area (Å²) in [5.41, 5.74) is -2.00. The number of hydrogen-bond donors (Lipinski definition) is 1. The van der Waals surface area contributed by atoms with Gasteiger partial charge in [0.2, 0.25) is 11.7 Å². The Morgan fingerprint density at radius 3 is 2.58 bits per heavy atom. The van der Waals surface area contributed by atoms with Gasteiger partial charge in [-0.3, -0.25) is 9.78 Å². The van der Waals surface area contributed by atoms with E-state index >= 15 is 0 Å². The maximum Gasteiger partial charge on any atom is 0.434 e. The highest BCUT2D eigenvalue weighted by Crippen LogP contribution is 2.34. The molecule has 0 aliphatic heterocycles. The van der Waals surface area contributed by atoms with Gasteiger partial charge in [0.05, 0.1) is 18.3 Å². The summed E-state index contributed by atoms with van der Waals surface area (Å²) in [6.07, 6.45) is -1.19. The van der Waals surface area contributed by atoms with Gasteiger partial charge in [-0.15, -0.1) is 0 Å². The number of nitrogens with zero attached hydrogens (tertiary/aromatic N) is 5.